The van der Waals surface area contributed by atoms with Crippen LogP contribution in [0.1, 0.15) is 41.6 Å². The first-order valence-electron chi connectivity index (χ1n) is 9.81. The lowest BCUT2D eigenvalue weighted by Crippen LogP contribution is -2.33. The number of ether oxygens (including phenoxy) is 2. The number of aliphatic carboxylic acids is 1. The van der Waals surface area contributed by atoms with Crippen LogP contribution >= 0.6 is 0 Å². The zero-order valence-electron chi connectivity index (χ0n) is 17.1. The van der Waals surface area contributed by atoms with Gasteiger partial charge >= 0.3 is 5.97 Å². The van der Waals surface area contributed by atoms with E-state index in [2.05, 4.69) is 12.1 Å². The molecule has 0 fully saturated rings. The first-order chi connectivity index (χ1) is 14.0. The molecule has 0 radical (unpaired) electrons. The summed E-state index contributed by atoms with van der Waals surface area (Å²) in [6.07, 6.45) is 3.00. The quantitative estimate of drug-likeness (QED) is 0.545. The third-order valence-corrected chi connectivity index (χ3v) is 4.69. The Balaban J connectivity index is 2.07. The molecule has 0 saturated heterocycles. The van der Waals surface area contributed by atoms with Crippen LogP contribution in [0.15, 0.2) is 48.5 Å². The fourth-order valence-corrected chi connectivity index (χ4v) is 3.13. The van der Waals surface area contributed by atoms with Gasteiger partial charge in [0.25, 0.3) is 5.91 Å². The molecule has 0 saturated carbocycles. The smallest absolute Gasteiger partial charge is 0.303 e. The van der Waals surface area contributed by atoms with Crippen molar-refractivity contribution in [3.05, 3.63) is 59.7 Å². The number of hydrogen-bond acceptors (Lipinski definition) is 4. The molecule has 0 heterocycles. The van der Waals surface area contributed by atoms with Gasteiger partial charge in [-0.3, -0.25) is 9.59 Å². The van der Waals surface area contributed by atoms with Gasteiger partial charge in [0.1, 0.15) is 11.5 Å². The Morgan fingerprint density at radius 2 is 1.52 bits per heavy atom. The molecule has 156 valence electrons. The highest BCUT2D eigenvalue weighted by atomic mass is 16.5. The maximum Gasteiger partial charge on any atom is 0.303 e. The van der Waals surface area contributed by atoms with Crippen molar-refractivity contribution < 1.29 is 24.2 Å². The van der Waals surface area contributed by atoms with Crippen LogP contribution in [0, 0.1) is 0 Å². The molecule has 2 aromatic carbocycles. The summed E-state index contributed by atoms with van der Waals surface area (Å²) in [5.74, 6) is 0.195. The Labute approximate surface area is 172 Å². The van der Waals surface area contributed by atoms with Gasteiger partial charge in [0, 0.05) is 31.1 Å². The summed E-state index contributed by atoms with van der Waals surface area (Å²) in [6, 6.07) is 15.3. The van der Waals surface area contributed by atoms with E-state index in [0.29, 0.717) is 43.0 Å². The van der Waals surface area contributed by atoms with Crippen molar-refractivity contribution in [1.82, 2.24) is 4.90 Å². The van der Waals surface area contributed by atoms with Gasteiger partial charge < -0.3 is 19.5 Å². The van der Waals surface area contributed by atoms with Gasteiger partial charge in [0.05, 0.1) is 14.2 Å². The third-order valence-electron chi connectivity index (χ3n) is 4.69. The summed E-state index contributed by atoms with van der Waals surface area (Å²) in [5.41, 5.74) is 1.73. The van der Waals surface area contributed by atoms with Gasteiger partial charge in [-0.25, -0.2) is 0 Å². The molecule has 0 spiro atoms. The van der Waals surface area contributed by atoms with Crippen LogP contribution in [-0.4, -0.2) is 49.2 Å². The summed E-state index contributed by atoms with van der Waals surface area (Å²) in [5, 5.41) is 8.84. The van der Waals surface area contributed by atoms with Crippen molar-refractivity contribution in [2.75, 3.05) is 27.3 Å². The van der Waals surface area contributed by atoms with Gasteiger partial charge in [-0.2, -0.15) is 0 Å². The summed E-state index contributed by atoms with van der Waals surface area (Å²) in [7, 11) is 3.10. The predicted octanol–water partition coefficient (Wildman–Crippen LogP) is 4.03. The van der Waals surface area contributed by atoms with E-state index in [4.69, 9.17) is 14.6 Å². The van der Waals surface area contributed by atoms with Crippen molar-refractivity contribution >= 4 is 11.9 Å². The molecular weight excluding hydrogens is 370 g/mol. The zero-order chi connectivity index (χ0) is 21.1. The average Bonchev–Trinajstić information content (AvgIpc) is 2.75. The number of aryl methyl sites for hydroxylation is 1. The van der Waals surface area contributed by atoms with Crippen LogP contribution in [0.3, 0.4) is 0 Å². The molecule has 6 heteroatoms. The second-order valence-electron chi connectivity index (χ2n) is 6.83. The number of rotatable bonds is 12. The number of carboxylic acid groups (broad SMARTS) is 1. The van der Waals surface area contributed by atoms with E-state index in [1.54, 1.807) is 37.3 Å². The highest BCUT2D eigenvalue weighted by Crippen LogP contribution is 2.24. The minimum Gasteiger partial charge on any atom is -0.497 e. The summed E-state index contributed by atoms with van der Waals surface area (Å²) < 4.78 is 10.6. The molecule has 6 nitrogen and oxygen atoms in total. The summed E-state index contributed by atoms with van der Waals surface area (Å²) >= 11 is 0. The average molecular weight is 399 g/mol. The Kier molecular flexibility index (Phi) is 9.02. The minimum atomic E-state index is -0.815. The number of carbonyl (C=O) groups is 2. The number of methoxy groups -OCH3 is 2. The number of benzene rings is 2. The van der Waals surface area contributed by atoms with Crippen molar-refractivity contribution in [3.8, 4) is 11.5 Å². The molecule has 29 heavy (non-hydrogen) atoms. The lowest BCUT2D eigenvalue weighted by Gasteiger charge is -2.23. The first kappa shape index (κ1) is 22.3. The standard InChI is InChI=1S/C23H29NO5/c1-28-20-15-19(16-21(17-20)29-2)23(27)24(13-7-6-12-22(25)26)14-8-11-18-9-4-3-5-10-18/h3-5,9-10,15-17H,6-8,11-14H2,1-2H3,(H,25,26). The Morgan fingerprint density at radius 1 is 0.897 bits per heavy atom. The molecular formula is C23H29NO5. The normalized spacial score (nSPS) is 10.4. The number of amides is 1. The fraction of sp³-hybridized carbons (Fsp3) is 0.391. The zero-order valence-corrected chi connectivity index (χ0v) is 17.1. The maximum absolute atomic E-state index is 13.2. The molecule has 2 aromatic rings. The number of carbonyl (C=O) groups excluding carboxylic acids is 1. The molecule has 0 aliphatic carbocycles. The lowest BCUT2D eigenvalue weighted by molar-refractivity contribution is -0.137. The van der Waals surface area contributed by atoms with E-state index >= 15 is 0 Å². The SMILES string of the molecule is COc1cc(OC)cc(C(=O)N(CCCCC(=O)O)CCCc2ccccc2)c1. The Hall–Kier alpha value is -3.02. The topological polar surface area (TPSA) is 76.1 Å². The van der Waals surface area contributed by atoms with Gasteiger partial charge in [-0.15, -0.1) is 0 Å². The largest absolute Gasteiger partial charge is 0.497 e. The number of unbranched alkanes of at least 4 members (excludes halogenated alkanes) is 1. The van der Waals surface area contributed by atoms with Crippen LogP contribution in [0.25, 0.3) is 0 Å². The molecule has 0 aromatic heterocycles. The first-order valence-corrected chi connectivity index (χ1v) is 9.81. The molecule has 0 bridgehead atoms. The third kappa shape index (κ3) is 7.49. The molecule has 2 rings (SSSR count). The van der Waals surface area contributed by atoms with Crippen LogP contribution in [0.2, 0.25) is 0 Å². The van der Waals surface area contributed by atoms with E-state index < -0.39 is 5.97 Å². The lowest BCUT2D eigenvalue weighted by atomic mass is 10.1. The van der Waals surface area contributed by atoms with Gasteiger partial charge in [-0.1, -0.05) is 30.3 Å². The number of nitrogens with zero attached hydrogens (tertiary/aromatic N) is 1. The molecule has 1 amide bonds. The fourth-order valence-electron chi connectivity index (χ4n) is 3.13. The molecule has 0 unspecified atom stereocenters. The van der Waals surface area contributed by atoms with E-state index in [1.165, 1.54) is 5.56 Å². The van der Waals surface area contributed by atoms with E-state index in [1.807, 2.05) is 18.2 Å². The van der Waals surface area contributed by atoms with Gasteiger partial charge in [0.2, 0.25) is 0 Å². The van der Waals surface area contributed by atoms with Gasteiger partial charge in [-0.05, 0) is 43.4 Å². The maximum atomic E-state index is 13.2. The van der Waals surface area contributed by atoms with Gasteiger partial charge in [0.15, 0.2) is 0 Å². The second-order valence-corrected chi connectivity index (χ2v) is 6.83. The number of hydrogen-bond donors (Lipinski definition) is 1. The highest BCUT2D eigenvalue weighted by molar-refractivity contribution is 5.95. The highest BCUT2D eigenvalue weighted by Gasteiger charge is 2.17. The van der Waals surface area contributed by atoms with Crippen LogP contribution in [0.5, 0.6) is 11.5 Å². The van der Waals surface area contributed by atoms with Crippen molar-refractivity contribution in [1.29, 1.82) is 0 Å². The molecule has 0 aliphatic heterocycles. The Morgan fingerprint density at radius 3 is 2.10 bits per heavy atom. The van der Waals surface area contributed by atoms with Crippen LogP contribution in [0.4, 0.5) is 0 Å². The van der Waals surface area contributed by atoms with E-state index in [-0.39, 0.29) is 12.3 Å². The summed E-state index contributed by atoms with van der Waals surface area (Å²) in [4.78, 5) is 25.7. The van der Waals surface area contributed by atoms with Crippen LogP contribution in [-0.2, 0) is 11.2 Å². The monoisotopic (exact) mass is 399 g/mol. The predicted molar refractivity (Wildman–Crippen MR) is 112 cm³/mol. The van der Waals surface area contributed by atoms with E-state index in [0.717, 1.165) is 12.8 Å². The van der Waals surface area contributed by atoms with Crippen molar-refractivity contribution in [2.45, 2.75) is 32.1 Å². The van der Waals surface area contributed by atoms with Crippen molar-refractivity contribution in [3.63, 3.8) is 0 Å². The molecule has 0 aliphatic rings. The molecule has 0 atom stereocenters. The molecule has 1 N–H and O–H groups in total. The number of carboxylic acids is 1. The Bertz CT molecular complexity index is 769. The minimum absolute atomic E-state index is 0.106. The second kappa shape index (κ2) is 11.7. The van der Waals surface area contributed by atoms with Crippen LogP contribution < -0.4 is 9.47 Å². The summed E-state index contributed by atoms with van der Waals surface area (Å²) in [6.45, 7) is 1.11. The van der Waals surface area contributed by atoms with E-state index in [9.17, 15) is 9.59 Å². The van der Waals surface area contributed by atoms with Crippen molar-refractivity contribution in [2.24, 2.45) is 0 Å².